The van der Waals surface area contributed by atoms with E-state index in [9.17, 15) is 22.8 Å². The summed E-state index contributed by atoms with van der Waals surface area (Å²) in [6.07, 6.45) is -5.72. The molecule has 0 saturated heterocycles. The average molecular weight is 389 g/mol. The van der Waals surface area contributed by atoms with Gasteiger partial charge in [-0.05, 0) is 36.4 Å². The van der Waals surface area contributed by atoms with E-state index in [4.69, 9.17) is 10.00 Å². The van der Waals surface area contributed by atoms with Crippen LogP contribution in [0.4, 0.5) is 24.5 Å². The van der Waals surface area contributed by atoms with Crippen molar-refractivity contribution in [2.24, 2.45) is 0 Å². The zero-order valence-corrected chi connectivity index (χ0v) is 14.4. The number of ether oxygens (including phenoxy) is 1. The largest absolute Gasteiger partial charge is 0.484 e. The van der Waals surface area contributed by atoms with Gasteiger partial charge in [0.25, 0.3) is 5.91 Å². The van der Waals surface area contributed by atoms with Crippen LogP contribution in [-0.2, 0) is 9.59 Å². The van der Waals surface area contributed by atoms with Gasteiger partial charge in [-0.2, -0.15) is 18.4 Å². The van der Waals surface area contributed by atoms with Crippen molar-refractivity contribution in [1.29, 1.82) is 5.26 Å². The Hall–Kier alpha value is -3.54. The highest BCUT2D eigenvalue weighted by atomic mass is 19.4. The second-order valence-electron chi connectivity index (χ2n) is 6.02. The maximum Gasteiger partial charge on any atom is 0.409 e. The van der Waals surface area contributed by atoms with Crippen LogP contribution >= 0.6 is 0 Å². The van der Waals surface area contributed by atoms with Crippen molar-refractivity contribution in [2.75, 3.05) is 16.8 Å². The number of para-hydroxylation sites is 2. The van der Waals surface area contributed by atoms with Gasteiger partial charge in [0.1, 0.15) is 11.8 Å². The van der Waals surface area contributed by atoms with Crippen LogP contribution in [0.1, 0.15) is 12.0 Å². The van der Waals surface area contributed by atoms with Crippen LogP contribution in [0.3, 0.4) is 0 Å². The molecule has 9 heteroatoms. The molecular formula is C19H14F3N3O3. The van der Waals surface area contributed by atoms with Gasteiger partial charge < -0.3 is 10.1 Å². The quantitative estimate of drug-likeness (QED) is 0.874. The number of nitrogens with zero attached hydrogens (tertiary/aromatic N) is 2. The van der Waals surface area contributed by atoms with Crippen molar-refractivity contribution in [2.45, 2.75) is 18.6 Å². The van der Waals surface area contributed by atoms with E-state index in [1.165, 1.54) is 42.5 Å². The molecule has 0 spiro atoms. The summed E-state index contributed by atoms with van der Waals surface area (Å²) < 4.78 is 46.1. The van der Waals surface area contributed by atoms with Crippen molar-refractivity contribution in [3.05, 3.63) is 54.1 Å². The molecule has 6 nitrogen and oxygen atoms in total. The Morgan fingerprint density at radius 3 is 2.54 bits per heavy atom. The van der Waals surface area contributed by atoms with Gasteiger partial charge >= 0.3 is 6.18 Å². The van der Waals surface area contributed by atoms with Gasteiger partial charge in [0, 0.05) is 0 Å². The fourth-order valence-electron chi connectivity index (χ4n) is 2.84. The fraction of sp³-hybridized carbons (Fsp3) is 0.211. The van der Waals surface area contributed by atoms with Gasteiger partial charge in [-0.25, -0.2) is 0 Å². The average Bonchev–Trinajstić information content (AvgIpc) is 2.82. The molecule has 1 heterocycles. The molecule has 28 heavy (non-hydrogen) atoms. The second kappa shape index (κ2) is 7.60. The number of amides is 2. The van der Waals surface area contributed by atoms with E-state index in [0.717, 1.165) is 0 Å². The van der Waals surface area contributed by atoms with E-state index in [1.54, 1.807) is 6.07 Å². The van der Waals surface area contributed by atoms with E-state index in [2.05, 4.69) is 5.32 Å². The molecule has 0 bridgehead atoms. The van der Waals surface area contributed by atoms with Gasteiger partial charge in [0.15, 0.2) is 6.61 Å². The van der Waals surface area contributed by atoms with Gasteiger partial charge in [-0.3, -0.25) is 14.5 Å². The lowest BCUT2D eigenvalue weighted by molar-refractivity contribution is -0.158. The number of benzene rings is 2. The topological polar surface area (TPSA) is 82.4 Å². The highest BCUT2D eigenvalue weighted by Crippen LogP contribution is 2.37. The summed E-state index contributed by atoms with van der Waals surface area (Å²) in [5, 5.41) is 11.2. The highest BCUT2D eigenvalue weighted by Gasteiger charge is 2.49. The number of fused-ring (bicyclic) bond motifs is 1. The monoisotopic (exact) mass is 389 g/mol. The molecular weight excluding hydrogens is 375 g/mol. The molecule has 1 unspecified atom stereocenters. The Balaban J connectivity index is 1.89. The van der Waals surface area contributed by atoms with Gasteiger partial charge in [0.05, 0.1) is 29.4 Å². The molecule has 0 fully saturated rings. The first-order valence-corrected chi connectivity index (χ1v) is 8.20. The normalized spacial score (nSPS) is 16.4. The molecule has 1 atom stereocenters. The molecule has 0 radical (unpaired) electrons. The summed E-state index contributed by atoms with van der Waals surface area (Å²) in [5.74, 6) is -1.55. The molecule has 144 valence electrons. The minimum absolute atomic E-state index is 0.0518. The number of nitrogens with one attached hydrogen (secondary N) is 1. The van der Waals surface area contributed by atoms with Crippen molar-refractivity contribution in [3.8, 4) is 11.8 Å². The van der Waals surface area contributed by atoms with Crippen molar-refractivity contribution in [1.82, 2.24) is 0 Å². The Morgan fingerprint density at radius 2 is 1.89 bits per heavy atom. The number of nitriles is 1. The maximum atomic E-state index is 13.6. The molecule has 2 aromatic rings. The van der Waals surface area contributed by atoms with Gasteiger partial charge in [-0.1, -0.05) is 12.1 Å². The summed E-state index contributed by atoms with van der Waals surface area (Å²) in [7, 11) is 0. The summed E-state index contributed by atoms with van der Waals surface area (Å²) in [6, 6.07) is 11.2. The summed E-state index contributed by atoms with van der Waals surface area (Å²) in [5.41, 5.74) is 0.442. The molecule has 1 aliphatic rings. The third kappa shape index (κ3) is 4.06. The van der Waals surface area contributed by atoms with E-state index < -0.39 is 37.1 Å². The smallest absolute Gasteiger partial charge is 0.409 e. The van der Waals surface area contributed by atoms with Crippen LogP contribution < -0.4 is 15.0 Å². The second-order valence-corrected chi connectivity index (χ2v) is 6.02. The fourth-order valence-corrected chi connectivity index (χ4v) is 2.84. The minimum atomic E-state index is -4.81. The molecule has 1 N–H and O–H groups in total. The molecule has 2 amide bonds. The molecule has 0 aromatic heterocycles. The number of hydrogen-bond donors (Lipinski definition) is 1. The van der Waals surface area contributed by atoms with E-state index in [0.29, 0.717) is 10.5 Å². The lowest BCUT2D eigenvalue weighted by Gasteiger charge is -2.31. The van der Waals surface area contributed by atoms with Crippen LogP contribution in [0.25, 0.3) is 0 Å². The summed E-state index contributed by atoms with van der Waals surface area (Å²) >= 11 is 0. The Morgan fingerprint density at radius 1 is 1.21 bits per heavy atom. The van der Waals surface area contributed by atoms with Crippen LogP contribution in [0.15, 0.2) is 48.5 Å². The third-order valence-corrected chi connectivity index (χ3v) is 4.12. The number of rotatable bonds is 3. The van der Waals surface area contributed by atoms with E-state index in [-0.39, 0.29) is 17.1 Å². The Labute approximate surface area is 158 Å². The summed E-state index contributed by atoms with van der Waals surface area (Å²) in [6.45, 7) is -0.666. The lowest BCUT2D eigenvalue weighted by atomic mass is 10.1. The van der Waals surface area contributed by atoms with Crippen molar-refractivity contribution >= 4 is 23.2 Å². The number of anilines is 2. The number of carbonyl (C=O) groups excluding carboxylic acids is 2. The summed E-state index contributed by atoms with van der Waals surface area (Å²) in [4.78, 5) is 25.1. The lowest BCUT2D eigenvalue weighted by Crippen LogP contribution is -2.51. The number of halogens is 3. The van der Waals surface area contributed by atoms with Gasteiger partial charge in [-0.15, -0.1) is 0 Å². The zero-order valence-electron chi connectivity index (χ0n) is 14.4. The first kappa shape index (κ1) is 19.2. The first-order valence-electron chi connectivity index (χ1n) is 8.20. The standard InChI is InChI=1S/C19H14F3N3O3/c20-19(21,22)16-9-17(26)24-14-3-1-2-4-15(14)25(16)18(27)11-28-13-7-5-12(10-23)6-8-13/h1-8,16H,9,11H2,(H,24,26). The maximum absolute atomic E-state index is 13.6. The Kier molecular flexibility index (Phi) is 5.22. The third-order valence-electron chi connectivity index (χ3n) is 4.12. The van der Waals surface area contributed by atoms with E-state index in [1.807, 2.05) is 6.07 Å². The molecule has 1 aliphatic heterocycles. The zero-order chi connectivity index (χ0) is 20.3. The number of carbonyl (C=O) groups is 2. The van der Waals surface area contributed by atoms with Crippen LogP contribution in [-0.4, -0.2) is 30.6 Å². The van der Waals surface area contributed by atoms with Crippen LogP contribution in [0.2, 0.25) is 0 Å². The molecule has 0 aliphatic carbocycles. The van der Waals surface area contributed by atoms with Crippen molar-refractivity contribution in [3.63, 3.8) is 0 Å². The van der Waals surface area contributed by atoms with Crippen LogP contribution in [0.5, 0.6) is 5.75 Å². The minimum Gasteiger partial charge on any atom is -0.484 e. The first-order chi connectivity index (χ1) is 13.3. The number of alkyl halides is 3. The highest BCUT2D eigenvalue weighted by molar-refractivity contribution is 6.05. The Bertz CT molecular complexity index is 936. The number of hydrogen-bond acceptors (Lipinski definition) is 4. The van der Waals surface area contributed by atoms with E-state index >= 15 is 0 Å². The molecule has 3 rings (SSSR count). The van der Waals surface area contributed by atoms with Crippen molar-refractivity contribution < 1.29 is 27.5 Å². The predicted molar refractivity (Wildman–Crippen MR) is 93.7 cm³/mol. The SMILES string of the molecule is N#Cc1ccc(OCC(=O)N2c3ccccc3NC(=O)CC2C(F)(F)F)cc1. The van der Waals surface area contributed by atoms with Crippen LogP contribution in [0, 0.1) is 11.3 Å². The molecule has 2 aromatic carbocycles. The predicted octanol–water partition coefficient (Wildman–Crippen LogP) is 3.24. The molecule has 0 saturated carbocycles. The van der Waals surface area contributed by atoms with Gasteiger partial charge in [0.2, 0.25) is 5.91 Å².